The van der Waals surface area contributed by atoms with Gasteiger partial charge in [0, 0.05) is 31.0 Å². The van der Waals surface area contributed by atoms with Gasteiger partial charge in [0.05, 0.1) is 12.9 Å². The molecule has 1 aromatic heterocycles. The van der Waals surface area contributed by atoms with Crippen LogP contribution in [0.5, 0.6) is 5.75 Å². The lowest BCUT2D eigenvalue weighted by molar-refractivity contribution is 0.125. The van der Waals surface area contributed by atoms with Gasteiger partial charge in [-0.15, -0.1) is 0 Å². The fraction of sp³-hybridized carbons (Fsp3) is 0.625. The first-order valence-corrected chi connectivity index (χ1v) is 11.5. The number of nitrogens with one attached hydrogen (secondary N) is 1. The van der Waals surface area contributed by atoms with E-state index in [9.17, 15) is 0 Å². The summed E-state index contributed by atoms with van der Waals surface area (Å²) in [6, 6.07) is 8.60. The van der Waals surface area contributed by atoms with Crippen LogP contribution in [0.2, 0.25) is 0 Å². The Balaban J connectivity index is 1.20. The number of imidazole rings is 1. The third kappa shape index (κ3) is 6.06. The number of unbranched alkanes of at least 4 members (excludes halogenated alkanes) is 1. The van der Waals surface area contributed by atoms with Gasteiger partial charge in [0.15, 0.2) is 0 Å². The topological polar surface area (TPSA) is 42.3 Å². The summed E-state index contributed by atoms with van der Waals surface area (Å²) in [6.45, 7) is 7.71. The largest absolute Gasteiger partial charge is 0.493 e. The summed E-state index contributed by atoms with van der Waals surface area (Å²) >= 11 is 0. The number of hydrogen-bond donors (Lipinski definition) is 1. The molecule has 0 unspecified atom stereocenters. The third-order valence-electron chi connectivity index (χ3n) is 6.68. The normalized spacial score (nSPS) is 19.4. The van der Waals surface area contributed by atoms with E-state index in [4.69, 9.17) is 4.74 Å². The molecule has 2 fully saturated rings. The van der Waals surface area contributed by atoms with Gasteiger partial charge in [0.25, 0.3) is 0 Å². The number of hydrogen-bond acceptors (Lipinski definition) is 4. The smallest absolute Gasteiger partial charge is 0.123 e. The molecule has 2 saturated heterocycles. The van der Waals surface area contributed by atoms with E-state index >= 15 is 0 Å². The highest BCUT2D eigenvalue weighted by Gasteiger charge is 2.27. The summed E-state index contributed by atoms with van der Waals surface area (Å²) in [4.78, 5) is 6.71. The average Bonchev–Trinajstić information content (AvgIpc) is 3.29. The van der Waals surface area contributed by atoms with E-state index in [0.29, 0.717) is 0 Å². The minimum atomic E-state index is 0.781. The van der Waals surface area contributed by atoms with Crippen LogP contribution in [0.4, 0.5) is 0 Å². The summed E-state index contributed by atoms with van der Waals surface area (Å²) < 4.78 is 8.28. The Morgan fingerprint density at radius 2 is 1.79 bits per heavy atom. The molecular formula is C24H36N4O. The lowest BCUT2D eigenvalue weighted by Crippen LogP contribution is -2.39. The Morgan fingerprint density at radius 1 is 1.00 bits per heavy atom. The zero-order valence-corrected chi connectivity index (χ0v) is 17.6. The van der Waals surface area contributed by atoms with Crippen LogP contribution in [0.25, 0.3) is 0 Å². The van der Waals surface area contributed by atoms with Crippen molar-refractivity contribution in [3.05, 3.63) is 48.5 Å². The molecule has 1 aromatic carbocycles. The van der Waals surface area contributed by atoms with Crippen molar-refractivity contribution in [2.45, 2.75) is 51.6 Å². The predicted molar refractivity (Wildman–Crippen MR) is 117 cm³/mol. The van der Waals surface area contributed by atoms with Crippen LogP contribution in [-0.4, -0.2) is 47.2 Å². The molecule has 158 valence electrons. The van der Waals surface area contributed by atoms with Crippen molar-refractivity contribution in [1.29, 1.82) is 0 Å². The summed E-state index contributed by atoms with van der Waals surface area (Å²) in [5.41, 5.74) is 1.34. The maximum atomic E-state index is 6.16. The molecule has 0 bridgehead atoms. The molecule has 5 nitrogen and oxygen atoms in total. The summed E-state index contributed by atoms with van der Waals surface area (Å²) in [5.74, 6) is 2.96. The second-order valence-electron chi connectivity index (χ2n) is 8.66. The van der Waals surface area contributed by atoms with Gasteiger partial charge in [-0.05, 0) is 82.6 Å². The van der Waals surface area contributed by atoms with E-state index in [1.165, 1.54) is 57.4 Å². The zero-order chi connectivity index (χ0) is 19.7. The van der Waals surface area contributed by atoms with Crippen LogP contribution in [0, 0.1) is 11.8 Å². The predicted octanol–water partition coefficient (Wildman–Crippen LogP) is 3.95. The summed E-state index contributed by atoms with van der Waals surface area (Å²) in [6.07, 6.45) is 13.4. The molecule has 2 aromatic rings. The minimum absolute atomic E-state index is 0.781. The van der Waals surface area contributed by atoms with Gasteiger partial charge in [-0.1, -0.05) is 18.2 Å². The van der Waals surface area contributed by atoms with Gasteiger partial charge >= 0.3 is 0 Å². The molecule has 4 rings (SSSR count). The summed E-state index contributed by atoms with van der Waals surface area (Å²) in [5, 5.41) is 3.50. The van der Waals surface area contributed by atoms with E-state index in [1.807, 2.05) is 18.7 Å². The Labute approximate surface area is 175 Å². The Bertz CT molecular complexity index is 703. The first-order valence-electron chi connectivity index (χ1n) is 11.5. The number of ether oxygens (including phenoxy) is 1. The molecule has 0 aliphatic carbocycles. The molecule has 2 aliphatic heterocycles. The molecule has 5 heteroatoms. The van der Waals surface area contributed by atoms with E-state index in [0.717, 1.165) is 50.1 Å². The third-order valence-corrected chi connectivity index (χ3v) is 6.68. The fourth-order valence-corrected chi connectivity index (χ4v) is 4.91. The second-order valence-corrected chi connectivity index (χ2v) is 8.66. The molecule has 29 heavy (non-hydrogen) atoms. The molecule has 2 aliphatic rings. The van der Waals surface area contributed by atoms with Gasteiger partial charge in [-0.2, -0.15) is 0 Å². The number of piperidine rings is 2. The average molecular weight is 397 g/mol. The van der Waals surface area contributed by atoms with Gasteiger partial charge in [-0.3, -0.25) is 4.90 Å². The summed E-state index contributed by atoms with van der Waals surface area (Å²) in [7, 11) is 0. The fourth-order valence-electron chi connectivity index (χ4n) is 4.91. The van der Waals surface area contributed by atoms with Crippen LogP contribution in [-0.2, 0) is 13.1 Å². The lowest BCUT2D eigenvalue weighted by atomic mass is 9.79. The monoisotopic (exact) mass is 396 g/mol. The van der Waals surface area contributed by atoms with Crippen LogP contribution in [0.1, 0.15) is 44.1 Å². The van der Waals surface area contributed by atoms with Crippen LogP contribution in [0.15, 0.2) is 43.0 Å². The number of para-hydroxylation sites is 1. The van der Waals surface area contributed by atoms with Gasteiger partial charge in [0.1, 0.15) is 5.75 Å². The number of benzene rings is 1. The van der Waals surface area contributed by atoms with E-state index < -0.39 is 0 Å². The van der Waals surface area contributed by atoms with Gasteiger partial charge < -0.3 is 14.6 Å². The Kier molecular flexibility index (Phi) is 7.60. The first-order chi connectivity index (χ1) is 14.4. The number of rotatable bonds is 9. The number of nitrogens with zero attached hydrogens (tertiary/aromatic N) is 3. The van der Waals surface area contributed by atoms with E-state index in [1.54, 1.807) is 0 Å². The van der Waals surface area contributed by atoms with Crippen molar-refractivity contribution in [3.8, 4) is 5.75 Å². The molecule has 3 heterocycles. The molecule has 0 atom stereocenters. The van der Waals surface area contributed by atoms with Crippen LogP contribution >= 0.6 is 0 Å². The molecule has 1 N–H and O–H groups in total. The number of aromatic nitrogens is 2. The number of aryl methyl sites for hydroxylation is 1. The van der Waals surface area contributed by atoms with Crippen LogP contribution in [0.3, 0.4) is 0 Å². The number of likely N-dealkylation sites (tertiary alicyclic amines) is 1. The van der Waals surface area contributed by atoms with Crippen molar-refractivity contribution >= 4 is 0 Å². The minimum Gasteiger partial charge on any atom is -0.493 e. The lowest BCUT2D eigenvalue weighted by Gasteiger charge is -2.38. The quantitative estimate of drug-likeness (QED) is 0.652. The maximum absolute atomic E-state index is 6.16. The van der Waals surface area contributed by atoms with Crippen molar-refractivity contribution in [2.24, 2.45) is 11.8 Å². The van der Waals surface area contributed by atoms with Crippen LogP contribution < -0.4 is 10.1 Å². The van der Waals surface area contributed by atoms with Crippen molar-refractivity contribution in [3.63, 3.8) is 0 Å². The Morgan fingerprint density at radius 3 is 2.59 bits per heavy atom. The molecule has 0 spiro atoms. The van der Waals surface area contributed by atoms with Crippen molar-refractivity contribution in [1.82, 2.24) is 19.8 Å². The van der Waals surface area contributed by atoms with Crippen molar-refractivity contribution < 1.29 is 4.74 Å². The molecule has 0 radical (unpaired) electrons. The first kappa shape index (κ1) is 20.4. The molecule has 0 amide bonds. The van der Waals surface area contributed by atoms with Gasteiger partial charge in [0.2, 0.25) is 0 Å². The highest BCUT2D eigenvalue weighted by atomic mass is 16.5. The molecule has 0 saturated carbocycles. The Hall–Kier alpha value is -1.85. The van der Waals surface area contributed by atoms with Gasteiger partial charge in [-0.25, -0.2) is 4.98 Å². The standard InChI is InChI=1S/C24H36N4O/c1-2-6-24(29-18-4-3-14-28-17-13-26-20-28)23(5-1)19-27-15-9-22(10-16-27)21-7-11-25-12-8-21/h1-2,5-6,13,17,20-22,25H,3-4,7-12,14-16,18-19H2. The highest BCUT2D eigenvalue weighted by Crippen LogP contribution is 2.32. The van der Waals surface area contributed by atoms with E-state index in [2.05, 4.69) is 44.0 Å². The molecular weight excluding hydrogens is 360 g/mol. The maximum Gasteiger partial charge on any atom is 0.123 e. The highest BCUT2D eigenvalue weighted by molar-refractivity contribution is 5.33. The second kappa shape index (κ2) is 10.8. The van der Waals surface area contributed by atoms with Crippen molar-refractivity contribution in [2.75, 3.05) is 32.8 Å². The zero-order valence-electron chi connectivity index (χ0n) is 17.6. The van der Waals surface area contributed by atoms with E-state index in [-0.39, 0.29) is 0 Å². The SMILES string of the molecule is c1ccc(OCCCCn2ccnc2)c(CN2CCC(C3CCNCC3)CC2)c1.